The monoisotopic (exact) mass is 298 g/mol. The minimum atomic E-state index is 0.223. The van der Waals surface area contributed by atoms with Crippen LogP contribution in [0, 0.1) is 3.57 Å². The zero-order valence-corrected chi connectivity index (χ0v) is 9.43. The van der Waals surface area contributed by atoms with E-state index in [1.54, 1.807) is 7.11 Å². The van der Waals surface area contributed by atoms with Gasteiger partial charge in [0.2, 0.25) is 0 Å². The summed E-state index contributed by atoms with van der Waals surface area (Å²) in [4.78, 5) is 0. The quantitative estimate of drug-likeness (QED) is 0.631. The van der Waals surface area contributed by atoms with Crippen LogP contribution in [-0.4, -0.2) is 13.9 Å². The molecule has 0 bridgehead atoms. The molecule has 1 rings (SSSR count). The van der Waals surface area contributed by atoms with Crippen LogP contribution in [0.25, 0.3) is 0 Å². The van der Waals surface area contributed by atoms with Gasteiger partial charge in [0.1, 0.15) is 5.75 Å². The molecule has 0 atom stereocenters. The third-order valence-corrected chi connectivity index (χ3v) is 2.19. The van der Waals surface area contributed by atoms with Crippen molar-refractivity contribution in [1.82, 2.24) is 0 Å². The van der Waals surface area contributed by atoms with Crippen LogP contribution in [0.15, 0.2) is 18.2 Å². The highest BCUT2D eigenvalue weighted by molar-refractivity contribution is 14.1. The first-order valence-electron chi connectivity index (χ1n) is 3.31. The summed E-state index contributed by atoms with van der Waals surface area (Å²) in [5.74, 6) is 0.652. The maximum atomic E-state index is 5.88. The van der Waals surface area contributed by atoms with Gasteiger partial charge in [-0.3, -0.25) is 0 Å². The van der Waals surface area contributed by atoms with Gasteiger partial charge in [-0.1, -0.05) is 11.6 Å². The maximum absolute atomic E-state index is 5.88. The molecule has 0 N–H and O–H groups in total. The highest BCUT2D eigenvalue weighted by atomic mass is 127. The molecular weight excluding hydrogens is 290 g/mol. The molecule has 0 spiro atoms. The van der Waals surface area contributed by atoms with Crippen molar-refractivity contribution in [1.29, 1.82) is 0 Å². The number of hydrogen-bond acceptors (Lipinski definition) is 2. The van der Waals surface area contributed by atoms with Gasteiger partial charge in [-0.25, -0.2) is 0 Å². The lowest BCUT2D eigenvalue weighted by Crippen LogP contribution is -1.99. The number of benzene rings is 1. The minimum Gasteiger partial charge on any atom is -0.466 e. The van der Waals surface area contributed by atoms with Crippen molar-refractivity contribution >= 4 is 34.2 Å². The Labute approximate surface area is 90.0 Å². The van der Waals surface area contributed by atoms with Gasteiger partial charge in [-0.15, -0.1) is 0 Å². The molecule has 0 unspecified atom stereocenters. The molecule has 0 aromatic heterocycles. The lowest BCUT2D eigenvalue weighted by atomic mass is 10.3. The Kier molecular flexibility index (Phi) is 4.11. The standard InChI is InChI=1S/C8H8ClIO2/c1-11-5-12-8-3-2-6(10)4-7(8)9/h2-4H,5H2,1H3. The molecule has 0 saturated carbocycles. The Balaban J connectivity index is 2.72. The Bertz CT molecular complexity index is 265. The summed E-state index contributed by atoms with van der Waals surface area (Å²) in [5, 5.41) is 0.610. The number of hydrogen-bond donors (Lipinski definition) is 0. The Hall–Kier alpha value is -0.0000000000000000555. The van der Waals surface area contributed by atoms with Crippen LogP contribution in [0.2, 0.25) is 5.02 Å². The summed E-state index contributed by atoms with van der Waals surface area (Å²) < 4.78 is 11.0. The van der Waals surface area contributed by atoms with Gasteiger partial charge >= 0.3 is 0 Å². The third kappa shape index (κ3) is 2.80. The summed E-state index contributed by atoms with van der Waals surface area (Å²) in [6.07, 6.45) is 0. The van der Waals surface area contributed by atoms with Crippen LogP contribution in [0.4, 0.5) is 0 Å². The SMILES string of the molecule is COCOc1ccc(I)cc1Cl. The number of rotatable bonds is 3. The first-order chi connectivity index (χ1) is 5.74. The zero-order chi connectivity index (χ0) is 8.97. The van der Waals surface area contributed by atoms with Crippen LogP contribution in [0.1, 0.15) is 0 Å². The van der Waals surface area contributed by atoms with E-state index in [1.807, 2.05) is 18.2 Å². The first-order valence-corrected chi connectivity index (χ1v) is 4.76. The molecule has 2 nitrogen and oxygen atoms in total. The largest absolute Gasteiger partial charge is 0.466 e. The van der Waals surface area contributed by atoms with Crippen molar-refractivity contribution in [3.05, 3.63) is 26.8 Å². The van der Waals surface area contributed by atoms with Crippen LogP contribution in [0.5, 0.6) is 5.75 Å². The van der Waals surface area contributed by atoms with E-state index in [0.717, 1.165) is 3.57 Å². The van der Waals surface area contributed by atoms with Crippen molar-refractivity contribution in [2.45, 2.75) is 0 Å². The fraction of sp³-hybridized carbons (Fsp3) is 0.250. The van der Waals surface area contributed by atoms with Gasteiger partial charge in [0.25, 0.3) is 0 Å². The van der Waals surface area contributed by atoms with Crippen molar-refractivity contribution in [3.8, 4) is 5.75 Å². The summed E-state index contributed by atoms with van der Waals surface area (Å²) >= 11 is 8.07. The van der Waals surface area contributed by atoms with E-state index in [-0.39, 0.29) is 6.79 Å². The second-order valence-corrected chi connectivity index (χ2v) is 3.78. The lowest BCUT2D eigenvalue weighted by molar-refractivity contribution is 0.0512. The van der Waals surface area contributed by atoms with E-state index in [1.165, 1.54) is 0 Å². The lowest BCUT2D eigenvalue weighted by Gasteiger charge is -2.05. The maximum Gasteiger partial charge on any atom is 0.188 e. The molecule has 0 aliphatic rings. The summed E-state index contributed by atoms with van der Waals surface area (Å²) in [6.45, 7) is 0.223. The molecule has 1 aromatic rings. The molecule has 0 aliphatic heterocycles. The summed E-state index contributed by atoms with van der Waals surface area (Å²) in [5.41, 5.74) is 0. The first kappa shape index (κ1) is 10.1. The second-order valence-electron chi connectivity index (χ2n) is 2.13. The van der Waals surface area contributed by atoms with Gasteiger partial charge in [-0.05, 0) is 40.8 Å². The highest BCUT2D eigenvalue weighted by Gasteiger charge is 2.00. The number of methoxy groups -OCH3 is 1. The third-order valence-electron chi connectivity index (χ3n) is 1.23. The van der Waals surface area contributed by atoms with Crippen molar-refractivity contribution in [2.24, 2.45) is 0 Å². The van der Waals surface area contributed by atoms with Crippen LogP contribution in [-0.2, 0) is 4.74 Å². The summed E-state index contributed by atoms with van der Waals surface area (Å²) in [6, 6.07) is 5.59. The van der Waals surface area contributed by atoms with Gasteiger partial charge in [0, 0.05) is 10.7 Å². The predicted molar refractivity (Wildman–Crippen MR) is 56.7 cm³/mol. The average Bonchev–Trinajstić information content (AvgIpc) is 2.03. The number of halogens is 2. The zero-order valence-electron chi connectivity index (χ0n) is 6.51. The van der Waals surface area contributed by atoms with Gasteiger partial charge < -0.3 is 9.47 Å². The molecule has 0 fully saturated rings. The smallest absolute Gasteiger partial charge is 0.188 e. The molecule has 0 radical (unpaired) electrons. The van der Waals surface area contributed by atoms with Crippen LogP contribution < -0.4 is 4.74 Å². The van der Waals surface area contributed by atoms with Gasteiger partial charge in [-0.2, -0.15) is 0 Å². The molecule has 0 saturated heterocycles. The molecule has 0 aliphatic carbocycles. The minimum absolute atomic E-state index is 0.223. The van der Waals surface area contributed by atoms with Gasteiger partial charge in [0.15, 0.2) is 6.79 Å². The van der Waals surface area contributed by atoms with Crippen molar-refractivity contribution in [2.75, 3.05) is 13.9 Å². The van der Waals surface area contributed by atoms with E-state index >= 15 is 0 Å². The topological polar surface area (TPSA) is 18.5 Å². The number of ether oxygens (including phenoxy) is 2. The van der Waals surface area contributed by atoms with Crippen molar-refractivity contribution in [3.63, 3.8) is 0 Å². The fourth-order valence-electron chi connectivity index (χ4n) is 0.715. The molecule has 12 heavy (non-hydrogen) atoms. The van der Waals surface area contributed by atoms with Crippen LogP contribution >= 0.6 is 34.2 Å². The Morgan fingerprint density at radius 1 is 1.50 bits per heavy atom. The molecule has 1 aromatic carbocycles. The average molecular weight is 299 g/mol. The van der Waals surface area contributed by atoms with Crippen LogP contribution in [0.3, 0.4) is 0 Å². The molecule has 0 heterocycles. The molecule has 66 valence electrons. The Morgan fingerprint density at radius 2 is 2.25 bits per heavy atom. The van der Waals surface area contributed by atoms with E-state index in [2.05, 4.69) is 22.6 Å². The highest BCUT2D eigenvalue weighted by Crippen LogP contribution is 2.25. The molecule has 4 heteroatoms. The van der Waals surface area contributed by atoms with E-state index in [9.17, 15) is 0 Å². The second kappa shape index (κ2) is 4.89. The Morgan fingerprint density at radius 3 is 2.83 bits per heavy atom. The van der Waals surface area contributed by atoms with E-state index < -0.39 is 0 Å². The molecular formula is C8H8ClIO2. The normalized spacial score (nSPS) is 9.92. The summed E-state index contributed by atoms with van der Waals surface area (Å²) in [7, 11) is 1.57. The van der Waals surface area contributed by atoms with Crippen molar-refractivity contribution < 1.29 is 9.47 Å². The van der Waals surface area contributed by atoms with E-state index in [0.29, 0.717) is 10.8 Å². The molecule has 0 amide bonds. The predicted octanol–water partition coefficient (Wildman–Crippen LogP) is 2.93. The van der Waals surface area contributed by atoms with E-state index in [4.69, 9.17) is 21.1 Å². The fourth-order valence-corrected chi connectivity index (χ4v) is 1.63. The van der Waals surface area contributed by atoms with Gasteiger partial charge in [0.05, 0.1) is 5.02 Å².